The summed E-state index contributed by atoms with van der Waals surface area (Å²) in [5, 5.41) is 2.47. The van der Waals surface area contributed by atoms with Gasteiger partial charge in [-0.15, -0.1) is 11.3 Å². The number of carbonyl (C=O) groups excluding carboxylic acids is 2. The number of halogens is 1. The highest BCUT2D eigenvalue weighted by molar-refractivity contribution is 7.80. The van der Waals surface area contributed by atoms with Gasteiger partial charge in [-0.1, -0.05) is 0 Å². The molecule has 1 saturated heterocycles. The summed E-state index contributed by atoms with van der Waals surface area (Å²) in [6.07, 6.45) is 1.54. The lowest BCUT2D eigenvalue weighted by Crippen LogP contribution is -2.54. The minimum atomic E-state index is -0.538. The van der Waals surface area contributed by atoms with Gasteiger partial charge in [0.25, 0.3) is 11.8 Å². The molecule has 0 unspecified atom stereocenters. The maximum absolute atomic E-state index is 13.1. The Balaban J connectivity index is 2.00. The van der Waals surface area contributed by atoms with E-state index in [1.807, 2.05) is 19.1 Å². The molecule has 1 aliphatic heterocycles. The molecule has 2 amide bonds. The molecule has 1 aliphatic rings. The average Bonchev–Trinajstić information content (AvgIpc) is 2.91. The number of benzene rings is 1. The molecule has 7 heteroatoms. The van der Waals surface area contributed by atoms with Crippen molar-refractivity contribution in [1.82, 2.24) is 5.32 Å². The predicted octanol–water partition coefficient (Wildman–Crippen LogP) is 3.03. The Morgan fingerprint density at radius 2 is 1.87 bits per heavy atom. The zero-order valence-corrected chi connectivity index (χ0v) is 13.6. The van der Waals surface area contributed by atoms with Gasteiger partial charge < -0.3 is 0 Å². The first-order chi connectivity index (χ1) is 11.0. The van der Waals surface area contributed by atoms with Crippen molar-refractivity contribution in [2.45, 2.75) is 6.92 Å². The molecule has 1 fully saturated rings. The second-order valence-electron chi connectivity index (χ2n) is 4.88. The monoisotopic (exact) mass is 346 g/mol. The van der Waals surface area contributed by atoms with E-state index in [4.69, 9.17) is 12.2 Å². The van der Waals surface area contributed by atoms with E-state index in [1.165, 1.54) is 46.6 Å². The van der Waals surface area contributed by atoms with Gasteiger partial charge in [-0.2, -0.15) is 0 Å². The summed E-state index contributed by atoms with van der Waals surface area (Å²) in [5.74, 6) is -1.49. The lowest BCUT2D eigenvalue weighted by Gasteiger charge is -2.28. The van der Waals surface area contributed by atoms with Gasteiger partial charge in [0.2, 0.25) is 0 Å². The van der Waals surface area contributed by atoms with E-state index in [9.17, 15) is 14.0 Å². The molecule has 3 rings (SSSR count). The van der Waals surface area contributed by atoms with E-state index in [-0.39, 0.29) is 10.7 Å². The van der Waals surface area contributed by atoms with Crippen LogP contribution < -0.4 is 10.2 Å². The van der Waals surface area contributed by atoms with E-state index >= 15 is 0 Å². The van der Waals surface area contributed by atoms with E-state index < -0.39 is 17.6 Å². The fourth-order valence-electron chi connectivity index (χ4n) is 2.16. The highest BCUT2D eigenvalue weighted by Crippen LogP contribution is 2.24. The van der Waals surface area contributed by atoms with Gasteiger partial charge in [0, 0.05) is 9.75 Å². The second-order valence-corrected chi connectivity index (χ2v) is 6.59. The number of thiocarbonyl (C=S) groups is 1. The molecule has 1 N–H and O–H groups in total. The third-order valence-corrected chi connectivity index (χ3v) is 4.47. The standard InChI is InChI=1S/C16H11FN2O2S2/c1-9-2-7-12(23-9)8-13-14(20)18-16(22)19(15(13)21)11-5-3-10(17)4-6-11/h2-8H,1H3,(H,18,20,22)/b13-8+. The molecule has 0 radical (unpaired) electrons. The number of carbonyl (C=O) groups is 2. The number of thiophene rings is 1. The minimum absolute atomic E-state index is 0.00947. The summed E-state index contributed by atoms with van der Waals surface area (Å²) in [6.45, 7) is 1.94. The van der Waals surface area contributed by atoms with Crippen molar-refractivity contribution in [3.63, 3.8) is 0 Å². The fraction of sp³-hybridized carbons (Fsp3) is 0.0625. The maximum atomic E-state index is 13.1. The molecule has 4 nitrogen and oxygen atoms in total. The van der Waals surface area contributed by atoms with Crippen LogP contribution >= 0.6 is 23.6 Å². The fourth-order valence-corrected chi connectivity index (χ4v) is 3.26. The summed E-state index contributed by atoms with van der Waals surface area (Å²) < 4.78 is 13.1. The number of hydrogen-bond donors (Lipinski definition) is 1. The first-order valence-electron chi connectivity index (χ1n) is 6.69. The van der Waals surface area contributed by atoms with Crippen LogP contribution in [0.4, 0.5) is 10.1 Å². The molecule has 2 heterocycles. The third-order valence-electron chi connectivity index (χ3n) is 3.23. The van der Waals surface area contributed by atoms with Crippen molar-refractivity contribution in [3.8, 4) is 0 Å². The quantitative estimate of drug-likeness (QED) is 0.517. The molecular formula is C16H11FN2O2S2. The average molecular weight is 346 g/mol. The predicted molar refractivity (Wildman–Crippen MR) is 91.7 cm³/mol. The molecule has 23 heavy (non-hydrogen) atoms. The molecule has 0 saturated carbocycles. The molecule has 0 spiro atoms. The first kappa shape index (κ1) is 15.5. The SMILES string of the molecule is Cc1ccc(/C=C2\C(=O)NC(=S)N(c3ccc(F)cc3)C2=O)s1. The van der Waals surface area contributed by atoms with Crippen LogP contribution in [0.2, 0.25) is 0 Å². The maximum Gasteiger partial charge on any atom is 0.270 e. The van der Waals surface area contributed by atoms with Crippen LogP contribution in [0.3, 0.4) is 0 Å². The Bertz CT molecular complexity index is 840. The molecule has 2 aromatic rings. The van der Waals surface area contributed by atoms with Crippen molar-refractivity contribution in [2.24, 2.45) is 0 Å². The van der Waals surface area contributed by atoms with Crippen molar-refractivity contribution >= 4 is 52.2 Å². The van der Waals surface area contributed by atoms with Crippen molar-refractivity contribution < 1.29 is 14.0 Å². The summed E-state index contributed by atoms with van der Waals surface area (Å²) >= 11 is 6.55. The van der Waals surface area contributed by atoms with Gasteiger partial charge in [-0.05, 0) is 61.6 Å². The Labute approximate surface area is 141 Å². The highest BCUT2D eigenvalue weighted by Gasteiger charge is 2.34. The lowest BCUT2D eigenvalue weighted by molar-refractivity contribution is -0.122. The Morgan fingerprint density at radius 3 is 2.48 bits per heavy atom. The van der Waals surface area contributed by atoms with E-state index in [1.54, 1.807) is 0 Å². The molecule has 1 aromatic carbocycles. The van der Waals surface area contributed by atoms with Gasteiger partial charge in [0.05, 0.1) is 5.69 Å². The van der Waals surface area contributed by atoms with E-state index in [2.05, 4.69) is 5.32 Å². The second kappa shape index (κ2) is 6.02. The van der Waals surface area contributed by atoms with Crippen LogP contribution in [0.15, 0.2) is 42.0 Å². The molecule has 0 atom stereocenters. The normalized spacial score (nSPS) is 16.9. The molecular weight excluding hydrogens is 335 g/mol. The van der Waals surface area contributed by atoms with Gasteiger partial charge in [-0.25, -0.2) is 4.39 Å². The van der Waals surface area contributed by atoms with Crippen LogP contribution in [-0.2, 0) is 9.59 Å². The Morgan fingerprint density at radius 1 is 1.17 bits per heavy atom. The van der Waals surface area contributed by atoms with Gasteiger partial charge >= 0.3 is 0 Å². The van der Waals surface area contributed by atoms with Crippen LogP contribution in [-0.4, -0.2) is 16.9 Å². The number of anilines is 1. The van der Waals surface area contributed by atoms with Gasteiger partial charge in [-0.3, -0.25) is 19.8 Å². The van der Waals surface area contributed by atoms with Crippen LogP contribution in [0.5, 0.6) is 0 Å². The van der Waals surface area contributed by atoms with Crippen LogP contribution in [0, 0.1) is 12.7 Å². The summed E-state index contributed by atoms with van der Waals surface area (Å²) in [4.78, 5) is 27.8. The Hall–Kier alpha value is -2.38. The zero-order chi connectivity index (χ0) is 16.6. The van der Waals surface area contributed by atoms with Gasteiger partial charge in [0.1, 0.15) is 11.4 Å². The lowest BCUT2D eigenvalue weighted by atomic mass is 10.1. The number of nitrogens with zero attached hydrogens (tertiary/aromatic N) is 1. The molecule has 116 valence electrons. The largest absolute Gasteiger partial charge is 0.298 e. The number of hydrogen-bond acceptors (Lipinski definition) is 4. The third kappa shape index (κ3) is 3.06. The number of aryl methyl sites for hydroxylation is 1. The summed E-state index contributed by atoms with van der Waals surface area (Å²) in [5.41, 5.74) is 0.388. The number of nitrogens with one attached hydrogen (secondary N) is 1. The molecule has 0 bridgehead atoms. The molecule has 1 aromatic heterocycles. The molecule has 0 aliphatic carbocycles. The van der Waals surface area contributed by atoms with E-state index in [0.717, 1.165) is 9.75 Å². The topological polar surface area (TPSA) is 49.4 Å². The Kier molecular flexibility index (Phi) is 4.06. The van der Waals surface area contributed by atoms with Crippen molar-refractivity contribution in [2.75, 3.05) is 4.90 Å². The highest BCUT2D eigenvalue weighted by atomic mass is 32.1. The number of rotatable bonds is 2. The smallest absolute Gasteiger partial charge is 0.270 e. The summed E-state index contributed by atoms with van der Waals surface area (Å²) in [6, 6.07) is 9.07. The van der Waals surface area contributed by atoms with Gasteiger partial charge in [0.15, 0.2) is 5.11 Å². The number of amides is 2. The summed E-state index contributed by atoms with van der Waals surface area (Å²) in [7, 11) is 0. The van der Waals surface area contributed by atoms with Crippen LogP contribution in [0.1, 0.15) is 9.75 Å². The zero-order valence-electron chi connectivity index (χ0n) is 12.0. The minimum Gasteiger partial charge on any atom is -0.298 e. The van der Waals surface area contributed by atoms with Crippen molar-refractivity contribution in [1.29, 1.82) is 0 Å². The van der Waals surface area contributed by atoms with Crippen LogP contribution in [0.25, 0.3) is 6.08 Å². The van der Waals surface area contributed by atoms with Crippen molar-refractivity contribution in [3.05, 3.63) is 57.5 Å². The first-order valence-corrected chi connectivity index (χ1v) is 7.91. The van der Waals surface area contributed by atoms with E-state index in [0.29, 0.717) is 5.69 Å².